The highest BCUT2D eigenvalue weighted by atomic mass is 32.2. The number of benzene rings is 3. The molecule has 0 fully saturated rings. The third kappa shape index (κ3) is 3.84. The number of hydrogen-bond acceptors (Lipinski definition) is 3. The van der Waals surface area contributed by atoms with Gasteiger partial charge in [-0.3, -0.25) is 9.00 Å². The normalized spacial score (nSPS) is 12.0. The van der Waals surface area contributed by atoms with Crippen molar-refractivity contribution in [2.24, 2.45) is 0 Å². The summed E-state index contributed by atoms with van der Waals surface area (Å²) in [6.07, 6.45) is 3.13. The molecular formula is C23H16F2N2O2S. The van der Waals surface area contributed by atoms with E-state index in [0.717, 1.165) is 0 Å². The Morgan fingerprint density at radius 2 is 1.33 bits per heavy atom. The average molecular weight is 422 g/mol. The molecule has 0 aliphatic heterocycles. The fourth-order valence-electron chi connectivity index (χ4n) is 3.16. The Bertz CT molecular complexity index is 1280. The van der Waals surface area contributed by atoms with Crippen LogP contribution in [0.4, 0.5) is 8.78 Å². The van der Waals surface area contributed by atoms with Crippen LogP contribution in [0, 0.1) is 11.6 Å². The molecule has 0 spiro atoms. The first-order valence-electron chi connectivity index (χ1n) is 9.02. The number of rotatable bonds is 4. The lowest BCUT2D eigenvalue weighted by atomic mass is 9.97. The van der Waals surface area contributed by atoms with Crippen LogP contribution in [0.1, 0.15) is 0 Å². The second-order valence-corrected chi connectivity index (χ2v) is 7.99. The van der Waals surface area contributed by atoms with Crippen molar-refractivity contribution in [3.8, 4) is 27.9 Å². The molecule has 3 aromatic carbocycles. The molecule has 0 aliphatic carbocycles. The second-order valence-electron chi connectivity index (χ2n) is 6.61. The second kappa shape index (κ2) is 8.12. The summed E-state index contributed by atoms with van der Waals surface area (Å²) in [4.78, 5) is 14.0. The minimum atomic E-state index is -1.13. The highest BCUT2D eigenvalue weighted by Crippen LogP contribution is 2.30. The van der Waals surface area contributed by atoms with Gasteiger partial charge in [0.1, 0.15) is 11.6 Å². The standard InChI is InChI=1S/C23H16F2N2O2S/c1-30(29)20-12-4-15(5-13-20)21-14-26-27(19-10-8-18(25)9-11-19)23(28)22(21)16-2-6-17(24)7-3-16/h2-14H,1H3. The zero-order valence-corrected chi connectivity index (χ0v) is 16.7. The van der Waals surface area contributed by atoms with E-state index in [1.165, 1.54) is 53.2 Å². The van der Waals surface area contributed by atoms with Crippen LogP contribution >= 0.6 is 0 Å². The quantitative estimate of drug-likeness (QED) is 0.484. The van der Waals surface area contributed by atoms with Crippen LogP contribution in [-0.2, 0) is 10.8 Å². The summed E-state index contributed by atoms with van der Waals surface area (Å²) in [5, 5.41) is 4.26. The van der Waals surface area contributed by atoms with Crippen molar-refractivity contribution >= 4 is 10.8 Å². The molecule has 0 saturated carbocycles. The Kier molecular flexibility index (Phi) is 5.37. The van der Waals surface area contributed by atoms with Gasteiger partial charge in [0.05, 0.1) is 17.4 Å². The number of nitrogens with zero attached hydrogens (tertiary/aromatic N) is 2. The van der Waals surface area contributed by atoms with Gasteiger partial charge in [0.25, 0.3) is 5.56 Å². The van der Waals surface area contributed by atoms with Gasteiger partial charge in [0.15, 0.2) is 0 Å². The lowest BCUT2D eigenvalue weighted by molar-refractivity contribution is 0.626. The van der Waals surface area contributed by atoms with Crippen LogP contribution in [0.15, 0.2) is 88.7 Å². The molecule has 0 amide bonds. The highest BCUT2D eigenvalue weighted by molar-refractivity contribution is 7.84. The van der Waals surface area contributed by atoms with E-state index in [1.54, 1.807) is 36.7 Å². The van der Waals surface area contributed by atoms with E-state index in [2.05, 4.69) is 5.10 Å². The Morgan fingerprint density at radius 3 is 1.90 bits per heavy atom. The minimum Gasteiger partial charge on any atom is -0.267 e. The summed E-state index contributed by atoms with van der Waals surface area (Å²) < 4.78 is 39.6. The van der Waals surface area contributed by atoms with Gasteiger partial charge >= 0.3 is 0 Å². The third-order valence-electron chi connectivity index (χ3n) is 4.68. The lowest BCUT2D eigenvalue weighted by Gasteiger charge is -2.13. The molecule has 150 valence electrons. The van der Waals surface area contributed by atoms with E-state index in [1.807, 2.05) is 0 Å². The molecule has 0 saturated heterocycles. The van der Waals surface area contributed by atoms with Crippen LogP contribution in [0.3, 0.4) is 0 Å². The van der Waals surface area contributed by atoms with Crippen molar-refractivity contribution < 1.29 is 13.0 Å². The summed E-state index contributed by atoms with van der Waals surface area (Å²) in [5.41, 5.74) is 2.11. The van der Waals surface area contributed by atoms with E-state index in [4.69, 9.17) is 0 Å². The maximum Gasteiger partial charge on any atom is 0.279 e. The monoisotopic (exact) mass is 422 g/mol. The number of hydrogen-bond donors (Lipinski definition) is 0. The molecule has 4 aromatic rings. The molecule has 1 atom stereocenters. The first kappa shape index (κ1) is 19.8. The fourth-order valence-corrected chi connectivity index (χ4v) is 3.68. The maximum atomic E-state index is 13.5. The molecule has 0 radical (unpaired) electrons. The molecule has 30 heavy (non-hydrogen) atoms. The van der Waals surface area contributed by atoms with Crippen molar-refractivity contribution in [2.75, 3.05) is 6.26 Å². The van der Waals surface area contributed by atoms with Crippen LogP contribution in [0.5, 0.6) is 0 Å². The average Bonchev–Trinajstić information content (AvgIpc) is 2.75. The van der Waals surface area contributed by atoms with Crippen molar-refractivity contribution in [3.05, 3.63) is 101 Å². The van der Waals surface area contributed by atoms with Crippen molar-refractivity contribution in [2.45, 2.75) is 4.90 Å². The van der Waals surface area contributed by atoms with Crippen molar-refractivity contribution in [1.82, 2.24) is 9.78 Å². The molecule has 7 heteroatoms. The van der Waals surface area contributed by atoms with E-state index in [-0.39, 0.29) is 0 Å². The third-order valence-corrected chi connectivity index (χ3v) is 5.62. The molecule has 0 aliphatic rings. The molecular weight excluding hydrogens is 406 g/mol. The van der Waals surface area contributed by atoms with E-state index >= 15 is 0 Å². The fraction of sp³-hybridized carbons (Fsp3) is 0.0435. The van der Waals surface area contributed by atoms with Crippen LogP contribution in [-0.4, -0.2) is 20.2 Å². The summed E-state index contributed by atoms with van der Waals surface area (Å²) in [6.45, 7) is 0. The van der Waals surface area contributed by atoms with E-state index in [0.29, 0.717) is 32.8 Å². The molecule has 4 nitrogen and oxygen atoms in total. The predicted molar refractivity (Wildman–Crippen MR) is 113 cm³/mol. The molecule has 1 heterocycles. The Hall–Kier alpha value is -3.45. The topological polar surface area (TPSA) is 52.0 Å². The van der Waals surface area contributed by atoms with Crippen LogP contribution < -0.4 is 5.56 Å². The summed E-state index contributed by atoms with van der Waals surface area (Å²) in [5.74, 6) is -0.835. The van der Waals surface area contributed by atoms with Crippen molar-refractivity contribution in [1.29, 1.82) is 0 Å². The highest BCUT2D eigenvalue weighted by Gasteiger charge is 2.16. The minimum absolute atomic E-state index is 0.333. The summed E-state index contributed by atoms with van der Waals surface area (Å²) in [6, 6.07) is 18.0. The zero-order valence-electron chi connectivity index (χ0n) is 15.9. The van der Waals surface area contributed by atoms with Gasteiger partial charge in [-0.15, -0.1) is 0 Å². The van der Waals surface area contributed by atoms with Crippen molar-refractivity contribution in [3.63, 3.8) is 0 Å². The molecule has 4 rings (SSSR count). The molecule has 1 aromatic heterocycles. The van der Waals surface area contributed by atoms with E-state index in [9.17, 15) is 17.8 Å². The lowest BCUT2D eigenvalue weighted by Crippen LogP contribution is -2.23. The van der Waals surface area contributed by atoms with Gasteiger partial charge < -0.3 is 0 Å². The summed E-state index contributed by atoms with van der Waals surface area (Å²) >= 11 is 0. The maximum absolute atomic E-state index is 13.5. The number of aromatic nitrogens is 2. The van der Waals surface area contributed by atoms with Gasteiger partial charge in [-0.25, -0.2) is 8.78 Å². The first-order valence-corrected chi connectivity index (χ1v) is 10.6. The predicted octanol–water partition coefficient (Wildman–Crippen LogP) is 4.58. The van der Waals surface area contributed by atoms with Gasteiger partial charge in [0.2, 0.25) is 0 Å². The van der Waals surface area contributed by atoms with Gasteiger partial charge in [-0.2, -0.15) is 9.78 Å². The SMILES string of the molecule is CS(=O)c1ccc(-c2cnn(-c3ccc(F)cc3)c(=O)c2-c2ccc(F)cc2)cc1. The summed E-state index contributed by atoms with van der Waals surface area (Å²) in [7, 11) is -1.13. The van der Waals surface area contributed by atoms with E-state index < -0.39 is 28.0 Å². The van der Waals surface area contributed by atoms with Gasteiger partial charge in [0, 0.05) is 27.5 Å². The molecule has 1 unspecified atom stereocenters. The molecule has 0 bridgehead atoms. The zero-order chi connectivity index (χ0) is 21.3. The number of halogens is 2. The molecule has 0 N–H and O–H groups in total. The smallest absolute Gasteiger partial charge is 0.267 e. The Labute approximate surface area is 173 Å². The largest absolute Gasteiger partial charge is 0.279 e. The van der Waals surface area contributed by atoms with Gasteiger partial charge in [-0.1, -0.05) is 24.3 Å². The Balaban J connectivity index is 1.94. The van der Waals surface area contributed by atoms with Gasteiger partial charge in [-0.05, 0) is 59.7 Å². The van der Waals surface area contributed by atoms with Crippen LogP contribution in [0.25, 0.3) is 27.9 Å². The van der Waals surface area contributed by atoms with Crippen LogP contribution in [0.2, 0.25) is 0 Å². The Morgan fingerprint density at radius 1 is 0.800 bits per heavy atom. The first-order chi connectivity index (χ1) is 14.4.